The summed E-state index contributed by atoms with van der Waals surface area (Å²) >= 11 is 0. The predicted octanol–water partition coefficient (Wildman–Crippen LogP) is 2.94. The first kappa shape index (κ1) is 17.2. The Bertz CT molecular complexity index is 601. The van der Waals surface area contributed by atoms with Gasteiger partial charge in [0, 0.05) is 26.2 Å². The molecule has 3 rings (SSSR count). The first-order valence-electron chi connectivity index (χ1n) is 8.85. The van der Waals surface area contributed by atoms with Crippen LogP contribution in [0, 0.1) is 0 Å². The minimum atomic E-state index is -0.488. The summed E-state index contributed by atoms with van der Waals surface area (Å²) in [6, 6.07) is 6.28. The number of hydrogen-bond acceptors (Lipinski definition) is 4. The maximum Gasteiger partial charge on any atom is 0.414 e. The summed E-state index contributed by atoms with van der Waals surface area (Å²) < 4.78 is 5.58. The molecule has 132 valence electrons. The van der Waals surface area contributed by atoms with E-state index in [9.17, 15) is 9.90 Å². The van der Waals surface area contributed by atoms with Gasteiger partial charge < -0.3 is 9.84 Å². The molecule has 5 nitrogen and oxygen atoms in total. The molecule has 1 aromatic carbocycles. The average molecular weight is 332 g/mol. The van der Waals surface area contributed by atoms with Crippen molar-refractivity contribution in [3.8, 4) is 0 Å². The molecule has 0 aromatic heterocycles. The number of fused-ring (bicyclic) bond motifs is 1. The number of hydrogen-bond donors (Lipinski definition) is 1. The molecular weight excluding hydrogens is 304 g/mol. The van der Waals surface area contributed by atoms with E-state index in [0.717, 1.165) is 44.6 Å². The van der Waals surface area contributed by atoms with E-state index in [1.54, 1.807) is 4.90 Å². The van der Waals surface area contributed by atoms with Crippen LogP contribution >= 0.6 is 0 Å². The number of para-hydroxylation sites is 1. The SMILES string of the molecule is CC(C)(C)OC(=O)N1CCc2cccc(CN3CCC(O)CC3)c21. The van der Waals surface area contributed by atoms with Crippen LogP contribution in [0.5, 0.6) is 0 Å². The van der Waals surface area contributed by atoms with Crippen LogP contribution < -0.4 is 4.90 Å². The molecule has 5 heteroatoms. The molecule has 1 amide bonds. The van der Waals surface area contributed by atoms with Crippen molar-refractivity contribution in [1.82, 2.24) is 4.90 Å². The predicted molar refractivity (Wildman–Crippen MR) is 94.2 cm³/mol. The van der Waals surface area contributed by atoms with Crippen molar-refractivity contribution in [2.24, 2.45) is 0 Å². The summed E-state index contributed by atoms with van der Waals surface area (Å²) in [6.07, 6.45) is 2.10. The molecule has 0 aliphatic carbocycles. The Morgan fingerprint density at radius 2 is 1.96 bits per heavy atom. The van der Waals surface area contributed by atoms with Crippen molar-refractivity contribution in [3.63, 3.8) is 0 Å². The maximum absolute atomic E-state index is 12.6. The van der Waals surface area contributed by atoms with Crippen LogP contribution in [0.4, 0.5) is 10.5 Å². The molecule has 0 spiro atoms. The topological polar surface area (TPSA) is 53.0 Å². The Balaban J connectivity index is 1.78. The van der Waals surface area contributed by atoms with E-state index in [0.29, 0.717) is 6.54 Å². The van der Waals surface area contributed by atoms with Gasteiger partial charge in [0.15, 0.2) is 0 Å². The monoisotopic (exact) mass is 332 g/mol. The summed E-state index contributed by atoms with van der Waals surface area (Å²) in [5.74, 6) is 0. The zero-order valence-corrected chi connectivity index (χ0v) is 14.9. The second-order valence-corrected chi connectivity index (χ2v) is 7.81. The van der Waals surface area contributed by atoms with E-state index in [1.807, 2.05) is 20.8 Å². The highest BCUT2D eigenvalue weighted by Crippen LogP contribution is 2.34. The largest absolute Gasteiger partial charge is 0.443 e. The number of likely N-dealkylation sites (tertiary alicyclic amines) is 1. The lowest BCUT2D eigenvalue weighted by molar-refractivity contribution is 0.0583. The lowest BCUT2D eigenvalue weighted by Crippen LogP contribution is -2.37. The molecule has 1 aromatic rings. The van der Waals surface area contributed by atoms with Gasteiger partial charge in [-0.2, -0.15) is 0 Å². The number of anilines is 1. The molecule has 0 atom stereocenters. The van der Waals surface area contributed by atoms with Gasteiger partial charge in [-0.05, 0) is 51.2 Å². The second-order valence-electron chi connectivity index (χ2n) is 7.81. The van der Waals surface area contributed by atoms with Crippen molar-refractivity contribution in [1.29, 1.82) is 0 Å². The third-order valence-electron chi connectivity index (χ3n) is 4.64. The Hall–Kier alpha value is -1.59. The summed E-state index contributed by atoms with van der Waals surface area (Å²) in [7, 11) is 0. The fraction of sp³-hybridized carbons (Fsp3) is 0.632. The van der Waals surface area contributed by atoms with E-state index in [-0.39, 0.29) is 12.2 Å². The van der Waals surface area contributed by atoms with Crippen molar-refractivity contribution in [3.05, 3.63) is 29.3 Å². The van der Waals surface area contributed by atoms with E-state index < -0.39 is 5.60 Å². The Labute approximate surface area is 144 Å². The van der Waals surface area contributed by atoms with Gasteiger partial charge in [0.25, 0.3) is 0 Å². The number of nitrogens with zero attached hydrogens (tertiary/aromatic N) is 2. The number of aliphatic hydroxyl groups excluding tert-OH is 1. The molecule has 24 heavy (non-hydrogen) atoms. The number of carbonyl (C=O) groups is 1. The minimum Gasteiger partial charge on any atom is -0.443 e. The van der Waals surface area contributed by atoms with Gasteiger partial charge >= 0.3 is 6.09 Å². The van der Waals surface area contributed by atoms with Gasteiger partial charge in [-0.3, -0.25) is 9.80 Å². The molecule has 0 bridgehead atoms. The van der Waals surface area contributed by atoms with Gasteiger partial charge in [0.2, 0.25) is 0 Å². The minimum absolute atomic E-state index is 0.166. The number of amides is 1. The Morgan fingerprint density at radius 3 is 2.62 bits per heavy atom. The number of rotatable bonds is 2. The van der Waals surface area contributed by atoms with Crippen LogP contribution in [0.1, 0.15) is 44.7 Å². The summed E-state index contributed by atoms with van der Waals surface area (Å²) in [5.41, 5.74) is 2.93. The highest BCUT2D eigenvalue weighted by Gasteiger charge is 2.31. The Morgan fingerprint density at radius 1 is 1.25 bits per heavy atom. The third kappa shape index (κ3) is 3.90. The molecule has 2 heterocycles. The number of aliphatic hydroxyl groups is 1. The second kappa shape index (κ2) is 6.73. The maximum atomic E-state index is 12.6. The molecule has 0 saturated carbocycles. The number of piperidine rings is 1. The molecule has 2 aliphatic rings. The summed E-state index contributed by atoms with van der Waals surface area (Å²) in [4.78, 5) is 16.7. The molecule has 0 unspecified atom stereocenters. The van der Waals surface area contributed by atoms with Crippen molar-refractivity contribution < 1.29 is 14.6 Å². The van der Waals surface area contributed by atoms with Crippen LogP contribution in [0.25, 0.3) is 0 Å². The normalized spacial score (nSPS) is 19.4. The molecule has 0 radical (unpaired) electrons. The third-order valence-corrected chi connectivity index (χ3v) is 4.64. The van der Waals surface area contributed by atoms with Crippen molar-refractivity contribution >= 4 is 11.8 Å². The number of ether oxygens (including phenoxy) is 1. The van der Waals surface area contributed by atoms with E-state index >= 15 is 0 Å². The first-order valence-corrected chi connectivity index (χ1v) is 8.85. The van der Waals surface area contributed by atoms with Crippen molar-refractivity contribution in [2.45, 2.75) is 58.3 Å². The summed E-state index contributed by atoms with van der Waals surface area (Å²) in [5, 5.41) is 9.67. The molecule has 1 fully saturated rings. The van der Waals surface area contributed by atoms with Crippen LogP contribution in [0.2, 0.25) is 0 Å². The Kier molecular flexibility index (Phi) is 4.83. The number of benzene rings is 1. The van der Waals surface area contributed by atoms with Gasteiger partial charge in [-0.1, -0.05) is 18.2 Å². The zero-order chi connectivity index (χ0) is 17.3. The van der Waals surface area contributed by atoms with Gasteiger partial charge in [-0.25, -0.2) is 4.79 Å². The fourth-order valence-corrected chi connectivity index (χ4v) is 3.48. The molecule has 2 aliphatic heterocycles. The highest BCUT2D eigenvalue weighted by atomic mass is 16.6. The summed E-state index contributed by atoms with van der Waals surface area (Å²) in [6.45, 7) is 8.98. The van der Waals surface area contributed by atoms with E-state index in [1.165, 1.54) is 11.1 Å². The zero-order valence-electron chi connectivity index (χ0n) is 14.9. The van der Waals surface area contributed by atoms with E-state index in [2.05, 4.69) is 23.1 Å². The first-order chi connectivity index (χ1) is 11.3. The lowest BCUT2D eigenvalue weighted by Gasteiger charge is -2.31. The van der Waals surface area contributed by atoms with Crippen molar-refractivity contribution in [2.75, 3.05) is 24.5 Å². The molecule has 1 N–H and O–H groups in total. The van der Waals surface area contributed by atoms with Crippen LogP contribution in [0.15, 0.2) is 18.2 Å². The quantitative estimate of drug-likeness (QED) is 0.905. The van der Waals surface area contributed by atoms with Gasteiger partial charge in [-0.15, -0.1) is 0 Å². The lowest BCUT2D eigenvalue weighted by atomic mass is 10.0. The van der Waals surface area contributed by atoms with Crippen LogP contribution in [-0.4, -0.2) is 47.4 Å². The molecular formula is C19H28N2O3. The smallest absolute Gasteiger partial charge is 0.414 e. The highest BCUT2D eigenvalue weighted by molar-refractivity contribution is 5.91. The van der Waals surface area contributed by atoms with Gasteiger partial charge in [0.05, 0.1) is 11.8 Å². The average Bonchev–Trinajstić information content (AvgIpc) is 2.93. The number of carbonyl (C=O) groups excluding carboxylic acids is 1. The van der Waals surface area contributed by atoms with Crippen LogP contribution in [0.3, 0.4) is 0 Å². The molecule has 1 saturated heterocycles. The van der Waals surface area contributed by atoms with Gasteiger partial charge in [0.1, 0.15) is 5.60 Å². The van der Waals surface area contributed by atoms with Crippen LogP contribution in [-0.2, 0) is 17.7 Å². The fourth-order valence-electron chi connectivity index (χ4n) is 3.48. The van der Waals surface area contributed by atoms with E-state index in [4.69, 9.17) is 4.74 Å². The standard InChI is InChI=1S/C19H28N2O3/c1-19(2,3)24-18(23)21-12-7-14-5-4-6-15(17(14)21)13-20-10-8-16(22)9-11-20/h4-6,16,22H,7-13H2,1-3H3.